The van der Waals surface area contributed by atoms with Crippen molar-refractivity contribution in [3.63, 3.8) is 0 Å². The van der Waals surface area contributed by atoms with Crippen LogP contribution >= 0.6 is 23.1 Å². The average molecular weight is 333 g/mol. The van der Waals surface area contributed by atoms with Gasteiger partial charge in [-0.25, -0.2) is 14.9 Å². The smallest absolute Gasteiger partial charge is 0.332 e. The lowest BCUT2D eigenvalue weighted by molar-refractivity contribution is 0.660. The van der Waals surface area contributed by atoms with Gasteiger partial charge in [-0.05, 0) is 19.1 Å². The standard InChI is InChI=1S/C14H15N5OS2/c1-2-19-13(20)17-18-14(19)22-9-11-8-21-12(16-11)15-10-6-4-3-5-7-10/h3-8H,2,9H2,1H3,(H,15,16)(H,17,20). The van der Waals surface area contributed by atoms with Gasteiger partial charge in [0.15, 0.2) is 10.3 Å². The summed E-state index contributed by atoms with van der Waals surface area (Å²) in [5, 5.41) is 13.3. The van der Waals surface area contributed by atoms with Gasteiger partial charge >= 0.3 is 5.69 Å². The van der Waals surface area contributed by atoms with Crippen LogP contribution in [0, 0.1) is 0 Å². The van der Waals surface area contributed by atoms with E-state index in [1.807, 2.05) is 42.6 Å². The van der Waals surface area contributed by atoms with Crippen LogP contribution in [-0.4, -0.2) is 19.7 Å². The number of hydrogen-bond acceptors (Lipinski definition) is 6. The van der Waals surface area contributed by atoms with E-state index in [4.69, 9.17) is 0 Å². The molecule has 0 unspecified atom stereocenters. The second-order valence-corrected chi connectivity index (χ2v) is 6.28. The normalized spacial score (nSPS) is 10.8. The van der Waals surface area contributed by atoms with Gasteiger partial charge in [0.25, 0.3) is 0 Å². The summed E-state index contributed by atoms with van der Waals surface area (Å²) in [6, 6.07) is 9.94. The van der Waals surface area contributed by atoms with E-state index in [1.165, 1.54) is 11.8 Å². The van der Waals surface area contributed by atoms with Crippen molar-refractivity contribution in [3.8, 4) is 0 Å². The summed E-state index contributed by atoms with van der Waals surface area (Å²) in [6.07, 6.45) is 0. The summed E-state index contributed by atoms with van der Waals surface area (Å²) in [5.41, 5.74) is 1.81. The lowest BCUT2D eigenvalue weighted by atomic mass is 10.3. The molecule has 8 heteroatoms. The average Bonchev–Trinajstić information content (AvgIpc) is 3.12. The van der Waals surface area contributed by atoms with Crippen molar-refractivity contribution in [1.82, 2.24) is 19.7 Å². The molecule has 0 bridgehead atoms. The quantitative estimate of drug-likeness (QED) is 0.678. The molecule has 0 spiro atoms. The fourth-order valence-corrected chi connectivity index (χ4v) is 3.65. The van der Waals surface area contributed by atoms with Crippen LogP contribution in [0.3, 0.4) is 0 Å². The summed E-state index contributed by atoms with van der Waals surface area (Å²) in [5.74, 6) is 0.678. The zero-order valence-electron chi connectivity index (χ0n) is 11.9. The van der Waals surface area contributed by atoms with Crippen molar-refractivity contribution in [3.05, 3.63) is 51.9 Å². The third kappa shape index (κ3) is 3.40. The van der Waals surface area contributed by atoms with Crippen LogP contribution in [0.4, 0.5) is 10.8 Å². The van der Waals surface area contributed by atoms with Crippen molar-refractivity contribution in [1.29, 1.82) is 0 Å². The molecule has 6 nitrogen and oxygen atoms in total. The van der Waals surface area contributed by atoms with E-state index in [0.29, 0.717) is 17.5 Å². The molecule has 0 atom stereocenters. The maximum Gasteiger partial charge on any atom is 0.343 e. The number of anilines is 2. The van der Waals surface area contributed by atoms with Crippen LogP contribution in [0.1, 0.15) is 12.6 Å². The van der Waals surface area contributed by atoms with E-state index in [0.717, 1.165) is 16.5 Å². The Balaban J connectivity index is 1.63. The monoisotopic (exact) mass is 333 g/mol. The third-order valence-corrected chi connectivity index (χ3v) is 4.78. The van der Waals surface area contributed by atoms with Gasteiger partial charge < -0.3 is 5.32 Å². The van der Waals surface area contributed by atoms with Crippen LogP contribution in [0.15, 0.2) is 45.7 Å². The topological polar surface area (TPSA) is 75.6 Å². The van der Waals surface area contributed by atoms with Crippen LogP contribution in [0.25, 0.3) is 0 Å². The van der Waals surface area contributed by atoms with Gasteiger partial charge in [-0.2, -0.15) is 0 Å². The van der Waals surface area contributed by atoms with Gasteiger partial charge in [-0.15, -0.1) is 16.4 Å². The summed E-state index contributed by atoms with van der Waals surface area (Å²) in [7, 11) is 0. The van der Waals surface area contributed by atoms with Crippen molar-refractivity contribution in [2.75, 3.05) is 5.32 Å². The number of nitrogens with zero attached hydrogens (tertiary/aromatic N) is 3. The van der Waals surface area contributed by atoms with Crippen LogP contribution in [0.2, 0.25) is 0 Å². The molecule has 0 fully saturated rings. The molecule has 0 aliphatic rings. The Hall–Kier alpha value is -2.06. The Morgan fingerprint density at radius 1 is 1.36 bits per heavy atom. The van der Waals surface area contributed by atoms with Gasteiger partial charge in [0.1, 0.15) is 0 Å². The SMILES string of the molecule is CCn1c(SCc2csc(Nc3ccccc3)n2)n[nH]c1=O. The fraction of sp³-hybridized carbons (Fsp3) is 0.214. The highest BCUT2D eigenvalue weighted by molar-refractivity contribution is 7.98. The van der Waals surface area contributed by atoms with E-state index in [-0.39, 0.29) is 5.69 Å². The molecule has 3 rings (SSSR count). The first kappa shape index (κ1) is 14.9. The largest absolute Gasteiger partial charge is 0.343 e. The predicted octanol–water partition coefficient (Wildman–Crippen LogP) is 3.08. The van der Waals surface area contributed by atoms with E-state index in [2.05, 4.69) is 20.5 Å². The molecule has 22 heavy (non-hydrogen) atoms. The number of hydrogen-bond donors (Lipinski definition) is 2. The maximum atomic E-state index is 11.5. The number of thiazole rings is 1. The second kappa shape index (κ2) is 6.80. The molecule has 2 aromatic heterocycles. The third-order valence-electron chi connectivity index (χ3n) is 2.97. The van der Waals surface area contributed by atoms with E-state index < -0.39 is 0 Å². The number of para-hydroxylation sites is 1. The second-order valence-electron chi connectivity index (χ2n) is 4.48. The lowest BCUT2D eigenvalue weighted by Crippen LogP contribution is -2.16. The van der Waals surface area contributed by atoms with Gasteiger partial charge in [0.05, 0.1) is 5.69 Å². The first-order chi connectivity index (χ1) is 10.8. The van der Waals surface area contributed by atoms with Crippen molar-refractivity contribution in [2.45, 2.75) is 24.4 Å². The van der Waals surface area contributed by atoms with Gasteiger partial charge in [-0.1, -0.05) is 30.0 Å². The highest BCUT2D eigenvalue weighted by Crippen LogP contribution is 2.25. The molecule has 0 radical (unpaired) electrons. The van der Waals surface area contributed by atoms with Crippen molar-refractivity contribution < 1.29 is 0 Å². The minimum absolute atomic E-state index is 0.172. The van der Waals surface area contributed by atoms with Gasteiger partial charge in [-0.3, -0.25) is 4.57 Å². The molecule has 0 amide bonds. The fourth-order valence-electron chi connectivity index (χ4n) is 1.91. The molecule has 1 aromatic carbocycles. The molecule has 0 saturated heterocycles. The summed E-state index contributed by atoms with van der Waals surface area (Å²) < 4.78 is 1.61. The molecular weight excluding hydrogens is 318 g/mol. The zero-order chi connectivity index (χ0) is 15.4. The van der Waals surface area contributed by atoms with Crippen LogP contribution < -0.4 is 11.0 Å². The Morgan fingerprint density at radius 3 is 2.95 bits per heavy atom. The highest BCUT2D eigenvalue weighted by Gasteiger charge is 2.09. The first-order valence-electron chi connectivity index (χ1n) is 6.80. The minimum atomic E-state index is -0.172. The number of aromatic amines is 1. The number of H-pyrrole nitrogens is 1. The Morgan fingerprint density at radius 2 is 2.18 bits per heavy atom. The van der Waals surface area contributed by atoms with E-state index in [1.54, 1.807) is 15.9 Å². The van der Waals surface area contributed by atoms with Gasteiger partial charge in [0.2, 0.25) is 0 Å². The number of rotatable bonds is 6. The molecule has 2 heterocycles. The van der Waals surface area contributed by atoms with Gasteiger partial charge in [0, 0.05) is 23.4 Å². The number of nitrogens with one attached hydrogen (secondary N) is 2. The Kier molecular flexibility index (Phi) is 4.59. The van der Waals surface area contributed by atoms with Crippen LogP contribution in [-0.2, 0) is 12.3 Å². The number of aromatic nitrogens is 4. The molecule has 0 aliphatic carbocycles. The van der Waals surface area contributed by atoms with E-state index >= 15 is 0 Å². The minimum Gasteiger partial charge on any atom is -0.332 e. The summed E-state index contributed by atoms with van der Waals surface area (Å²) >= 11 is 3.06. The number of benzene rings is 1. The zero-order valence-corrected chi connectivity index (χ0v) is 13.6. The van der Waals surface area contributed by atoms with E-state index in [9.17, 15) is 4.79 Å². The molecule has 0 aliphatic heterocycles. The summed E-state index contributed by atoms with van der Waals surface area (Å²) in [6.45, 7) is 2.53. The summed E-state index contributed by atoms with van der Waals surface area (Å²) in [4.78, 5) is 16.0. The van der Waals surface area contributed by atoms with Crippen molar-refractivity contribution >= 4 is 33.9 Å². The highest BCUT2D eigenvalue weighted by atomic mass is 32.2. The maximum absolute atomic E-state index is 11.5. The molecule has 3 aromatic rings. The Bertz CT molecular complexity index is 793. The molecule has 0 saturated carbocycles. The molecular formula is C14H15N5OS2. The molecule has 2 N–H and O–H groups in total. The van der Waals surface area contributed by atoms with Crippen LogP contribution in [0.5, 0.6) is 0 Å². The lowest BCUT2D eigenvalue weighted by Gasteiger charge is -2.01. The molecule has 114 valence electrons. The Labute approximate surface area is 135 Å². The first-order valence-corrected chi connectivity index (χ1v) is 8.67. The number of thioether (sulfide) groups is 1. The predicted molar refractivity (Wildman–Crippen MR) is 89.9 cm³/mol. The van der Waals surface area contributed by atoms with Crippen molar-refractivity contribution in [2.24, 2.45) is 0 Å².